The fourth-order valence-corrected chi connectivity index (χ4v) is 3.75. The van der Waals surface area contributed by atoms with E-state index in [1.165, 1.54) is 19.5 Å². The molecule has 1 aliphatic heterocycles. The van der Waals surface area contributed by atoms with Gasteiger partial charge in [-0.15, -0.1) is 0 Å². The summed E-state index contributed by atoms with van der Waals surface area (Å²) in [5, 5.41) is 6.90. The first-order chi connectivity index (χ1) is 15.1. The smallest absolute Gasteiger partial charge is 0.191 e. The molecule has 1 aromatic carbocycles. The van der Waals surface area contributed by atoms with Crippen LogP contribution in [0.5, 0.6) is 11.5 Å². The van der Waals surface area contributed by atoms with Crippen molar-refractivity contribution in [2.75, 3.05) is 66.1 Å². The lowest BCUT2D eigenvalue weighted by molar-refractivity contribution is 0.275. The first-order valence-electron chi connectivity index (χ1n) is 11.9. The molecule has 1 unspecified atom stereocenters. The second-order valence-corrected chi connectivity index (χ2v) is 8.05. The van der Waals surface area contributed by atoms with Crippen LogP contribution in [0.2, 0.25) is 0 Å². The highest BCUT2D eigenvalue weighted by Crippen LogP contribution is 2.30. The number of ether oxygens (including phenoxy) is 2. The zero-order valence-electron chi connectivity index (χ0n) is 20.2. The molecule has 0 bridgehead atoms. The van der Waals surface area contributed by atoms with E-state index in [9.17, 15) is 0 Å². The number of guanidine groups is 1. The van der Waals surface area contributed by atoms with Crippen molar-refractivity contribution in [1.29, 1.82) is 0 Å². The zero-order valence-corrected chi connectivity index (χ0v) is 20.2. The molecule has 31 heavy (non-hydrogen) atoms. The maximum absolute atomic E-state index is 5.78. The van der Waals surface area contributed by atoms with E-state index in [-0.39, 0.29) is 6.04 Å². The van der Waals surface area contributed by atoms with Crippen LogP contribution in [0.1, 0.15) is 52.1 Å². The maximum atomic E-state index is 5.78. The average molecular weight is 434 g/mol. The summed E-state index contributed by atoms with van der Waals surface area (Å²) in [6.07, 6.45) is 2.33. The molecule has 1 saturated heterocycles. The maximum Gasteiger partial charge on any atom is 0.191 e. The lowest BCUT2D eigenvalue weighted by Crippen LogP contribution is -2.39. The summed E-state index contributed by atoms with van der Waals surface area (Å²) in [7, 11) is 2.21. The zero-order chi connectivity index (χ0) is 22.5. The number of nitrogens with zero attached hydrogens (tertiary/aromatic N) is 3. The minimum Gasteiger partial charge on any atom is -0.490 e. The third kappa shape index (κ3) is 8.95. The molecule has 7 nitrogen and oxygen atoms in total. The number of rotatable bonds is 11. The Morgan fingerprint density at radius 2 is 1.84 bits per heavy atom. The van der Waals surface area contributed by atoms with E-state index in [0.29, 0.717) is 13.2 Å². The Balaban J connectivity index is 1.91. The number of likely N-dealkylation sites (N-methyl/N-ethyl adjacent to an activating group) is 1. The van der Waals surface area contributed by atoms with Crippen molar-refractivity contribution in [3.05, 3.63) is 23.8 Å². The van der Waals surface area contributed by atoms with Gasteiger partial charge in [0.15, 0.2) is 17.5 Å². The van der Waals surface area contributed by atoms with Gasteiger partial charge in [0.2, 0.25) is 0 Å². The van der Waals surface area contributed by atoms with E-state index in [0.717, 1.165) is 62.2 Å². The van der Waals surface area contributed by atoms with Gasteiger partial charge in [-0.05, 0) is 84.9 Å². The van der Waals surface area contributed by atoms with Crippen LogP contribution in [-0.4, -0.2) is 81.8 Å². The molecule has 1 heterocycles. The molecule has 1 atom stereocenters. The van der Waals surface area contributed by atoms with Gasteiger partial charge < -0.3 is 29.9 Å². The van der Waals surface area contributed by atoms with Crippen LogP contribution >= 0.6 is 0 Å². The fourth-order valence-electron chi connectivity index (χ4n) is 3.75. The lowest BCUT2D eigenvalue weighted by atomic mass is 10.1. The van der Waals surface area contributed by atoms with Crippen molar-refractivity contribution in [3.63, 3.8) is 0 Å². The lowest BCUT2D eigenvalue weighted by Gasteiger charge is -2.21. The molecule has 1 fully saturated rings. The Morgan fingerprint density at radius 1 is 1.06 bits per heavy atom. The van der Waals surface area contributed by atoms with Gasteiger partial charge in [0.05, 0.1) is 19.3 Å². The molecule has 0 amide bonds. The topological polar surface area (TPSA) is 61.4 Å². The minimum absolute atomic E-state index is 0.105. The summed E-state index contributed by atoms with van der Waals surface area (Å²) in [6.45, 7) is 17.0. The van der Waals surface area contributed by atoms with Gasteiger partial charge in [-0.3, -0.25) is 4.99 Å². The summed E-state index contributed by atoms with van der Waals surface area (Å²) in [5.74, 6) is 2.44. The van der Waals surface area contributed by atoms with E-state index < -0.39 is 0 Å². The van der Waals surface area contributed by atoms with Crippen molar-refractivity contribution in [2.24, 2.45) is 4.99 Å². The molecule has 0 saturated carbocycles. The number of hydrogen-bond donors (Lipinski definition) is 2. The second-order valence-electron chi connectivity index (χ2n) is 8.05. The third-order valence-electron chi connectivity index (χ3n) is 5.48. The molecule has 0 spiro atoms. The van der Waals surface area contributed by atoms with Crippen LogP contribution in [0.3, 0.4) is 0 Å². The Morgan fingerprint density at radius 3 is 2.58 bits per heavy atom. The van der Waals surface area contributed by atoms with Crippen molar-refractivity contribution in [2.45, 2.75) is 46.6 Å². The van der Waals surface area contributed by atoms with Crippen LogP contribution in [0.4, 0.5) is 0 Å². The molecular weight excluding hydrogens is 390 g/mol. The van der Waals surface area contributed by atoms with Gasteiger partial charge in [0.25, 0.3) is 0 Å². The molecule has 0 aromatic heterocycles. The van der Waals surface area contributed by atoms with E-state index in [2.05, 4.69) is 53.5 Å². The molecule has 2 rings (SSSR count). The van der Waals surface area contributed by atoms with E-state index in [1.807, 2.05) is 19.9 Å². The average Bonchev–Trinajstić information content (AvgIpc) is 2.97. The quantitative estimate of drug-likeness (QED) is 0.318. The first-order valence-corrected chi connectivity index (χ1v) is 11.9. The third-order valence-corrected chi connectivity index (χ3v) is 5.48. The Hall–Kier alpha value is -1.99. The van der Waals surface area contributed by atoms with Gasteiger partial charge in [0.1, 0.15) is 0 Å². The first kappa shape index (κ1) is 25.3. The summed E-state index contributed by atoms with van der Waals surface area (Å²) < 4.78 is 11.5. The Labute approximate surface area is 189 Å². The molecular formula is C24H43N5O2. The standard InChI is InChI=1S/C24H43N5O2/c1-6-25-24(26-13-9-15-29-16-10-14-28(5)17-18-29)27-20(4)21-11-12-22(30-7-2)23(19-21)31-8-3/h11-12,19-20H,6-10,13-18H2,1-5H3,(H2,25,26,27). The fraction of sp³-hybridized carbons (Fsp3) is 0.708. The Kier molecular flexibility index (Phi) is 11.5. The predicted octanol–water partition coefficient (Wildman–Crippen LogP) is 3.13. The van der Waals surface area contributed by atoms with Crippen LogP contribution in [-0.2, 0) is 0 Å². The van der Waals surface area contributed by atoms with Crippen LogP contribution in [0.25, 0.3) is 0 Å². The van der Waals surface area contributed by atoms with Crippen LogP contribution in [0, 0.1) is 0 Å². The highest BCUT2D eigenvalue weighted by Gasteiger charge is 2.13. The summed E-state index contributed by atoms with van der Waals surface area (Å²) in [5.41, 5.74) is 1.14. The van der Waals surface area contributed by atoms with Crippen molar-refractivity contribution >= 4 is 5.96 Å². The number of hydrogen-bond acceptors (Lipinski definition) is 5. The van der Waals surface area contributed by atoms with E-state index >= 15 is 0 Å². The molecule has 0 aliphatic carbocycles. The van der Waals surface area contributed by atoms with Gasteiger partial charge in [-0.25, -0.2) is 0 Å². The monoisotopic (exact) mass is 433 g/mol. The molecule has 7 heteroatoms. The minimum atomic E-state index is 0.105. The van der Waals surface area contributed by atoms with Gasteiger partial charge in [-0.2, -0.15) is 0 Å². The van der Waals surface area contributed by atoms with Crippen LogP contribution in [0.15, 0.2) is 23.2 Å². The normalized spacial score (nSPS) is 17.1. The highest BCUT2D eigenvalue weighted by molar-refractivity contribution is 5.80. The molecule has 176 valence electrons. The Bertz CT molecular complexity index is 667. The van der Waals surface area contributed by atoms with Gasteiger partial charge in [0, 0.05) is 26.2 Å². The second kappa shape index (κ2) is 14.1. The predicted molar refractivity (Wildman–Crippen MR) is 129 cm³/mol. The van der Waals surface area contributed by atoms with Crippen molar-refractivity contribution in [3.8, 4) is 11.5 Å². The van der Waals surface area contributed by atoms with Gasteiger partial charge >= 0.3 is 0 Å². The number of benzene rings is 1. The summed E-state index contributed by atoms with van der Waals surface area (Å²) in [6, 6.07) is 6.25. The highest BCUT2D eigenvalue weighted by atomic mass is 16.5. The SMILES string of the molecule is CCNC(=NCCCN1CCCN(C)CC1)NC(C)c1ccc(OCC)c(OCC)c1. The number of aliphatic imine (C=N–C) groups is 1. The van der Waals surface area contributed by atoms with E-state index in [4.69, 9.17) is 14.5 Å². The molecule has 0 radical (unpaired) electrons. The van der Waals surface area contributed by atoms with Crippen molar-refractivity contribution in [1.82, 2.24) is 20.4 Å². The van der Waals surface area contributed by atoms with Crippen LogP contribution < -0.4 is 20.1 Å². The number of nitrogens with one attached hydrogen (secondary N) is 2. The van der Waals surface area contributed by atoms with Gasteiger partial charge in [-0.1, -0.05) is 6.07 Å². The summed E-state index contributed by atoms with van der Waals surface area (Å²) >= 11 is 0. The largest absolute Gasteiger partial charge is 0.490 e. The van der Waals surface area contributed by atoms with Crippen molar-refractivity contribution < 1.29 is 9.47 Å². The summed E-state index contributed by atoms with van der Waals surface area (Å²) in [4.78, 5) is 9.80. The molecule has 1 aromatic rings. The van der Waals surface area contributed by atoms with E-state index in [1.54, 1.807) is 0 Å². The molecule has 2 N–H and O–H groups in total. The molecule has 1 aliphatic rings.